The Labute approximate surface area is 162 Å². The molecule has 3 aromatic rings. The van der Waals surface area contributed by atoms with Crippen LogP contribution >= 0.6 is 11.6 Å². The van der Waals surface area contributed by atoms with Gasteiger partial charge in [-0.15, -0.1) is 0 Å². The number of ketones is 1. The number of anilines is 1. The van der Waals surface area contributed by atoms with Gasteiger partial charge in [-0.1, -0.05) is 29.8 Å². The molecule has 0 fully saturated rings. The first-order valence-electron chi connectivity index (χ1n) is 8.30. The quantitative estimate of drug-likeness (QED) is 0.343. The lowest BCUT2D eigenvalue weighted by atomic mass is 10.3. The van der Waals surface area contributed by atoms with Crippen molar-refractivity contribution < 1.29 is 9.53 Å². The van der Waals surface area contributed by atoms with Crippen molar-refractivity contribution in [1.29, 1.82) is 0 Å². The summed E-state index contributed by atoms with van der Waals surface area (Å²) in [6.07, 6.45) is 0. The van der Waals surface area contributed by atoms with E-state index in [1.807, 2.05) is 30.3 Å². The van der Waals surface area contributed by atoms with Crippen LogP contribution in [0.1, 0.15) is 6.92 Å². The summed E-state index contributed by atoms with van der Waals surface area (Å²) in [6, 6.07) is 23.7. The van der Waals surface area contributed by atoms with Crippen molar-refractivity contribution in [3.63, 3.8) is 0 Å². The number of hydrazine groups is 1. The molecule has 0 bridgehead atoms. The number of ether oxygens (including phenoxy) is 1. The average Bonchev–Trinajstić information content (AvgIpc) is 2.69. The van der Waals surface area contributed by atoms with Crippen LogP contribution in [0.5, 0.6) is 11.5 Å². The summed E-state index contributed by atoms with van der Waals surface area (Å²) in [7, 11) is 0. The van der Waals surface area contributed by atoms with E-state index >= 15 is 0 Å². The third-order valence-electron chi connectivity index (χ3n) is 3.56. The van der Waals surface area contributed by atoms with Crippen molar-refractivity contribution in [3.05, 3.63) is 83.9 Å². The maximum absolute atomic E-state index is 11.8. The maximum Gasteiger partial charge on any atom is 0.196 e. The number of Topliss-reactive ketones (excluding diaryl/α,β-unsaturated/α-hetero) is 1. The van der Waals surface area contributed by atoms with Gasteiger partial charge in [0.15, 0.2) is 11.6 Å². The second-order valence-electron chi connectivity index (χ2n) is 5.68. The fourth-order valence-electron chi connectivity index (χ4n) is 2.20. The second-order valence-corrected chi connectivity index (χ2v) is 6.12. The van der Waals surface area contributed by atoms with Gasteiger partial charge in [0.2, 0.25) is 0 Å². The molecule has 6 heteroatoms. The molecule has 3 rings (SSSR count). The lowest BCUT2D eigenvalue weighted by Gasteiger charge is -2.10. The summed E-state index contributed by atoms with van der Waals surface area (Å²) in [6.45, 7) is 1.45. The number of para-hydroxylation sites is 1. The van der Waals surface area contributed by atoms with E-state index in [0.29, 0.717) is 22.2 Å². The van der Waals surface area contributed by atoms with Gasteiger partial charge in [-0.2, -0.15) is 0 Å². The van der Waals surface area contributed by atoms with Crippen LogP contribution in [0.25, 0.3) is 0 Å². The van der Waals surface area contributed by atoms with Crippen LogP contribution in [0.4, 0.5) is 11.4 Å². The van der Waals surface area contributed by atoms with E-state index in [-0.39, 0.29) is 11.6 Å². The van der Waals surface area contributed by atoms with Crippen molar-refractivity contribution in [2.45, 2.75) is 6.92 Å². The van der Waals surface area contributed by atoms with Crippen LogP contribution in [-0.2, 0) is 4.79 Å². The molecule has 0 radical (unpaired) electrons. The average molecular weight is 380 g/mol. The van der Waals surface area contributed by atoms with E-state index in [1.54, 1.807) is 48.5 Å². The Morgan fingerprint density at radius 2 is 1.48 bits per heavy atom. The molecule has 0 amide bonds. The van der Waals surface area contributed by atoms with Gasteiger partial charge in [-0.3, -0.25) is 15.6 Å². The predicted octanol–water partition coefficient (Wildman–Crippen LogP) is 5.37. The molecule has 0 saturated heterocycles. The van der Waals surface area contributed by atoms with E-state index in [0.717, 1.165) is 5.69 Å². The summed E-state index contributed by atoms with van der Waals surface area (Å²) in [4.78, 5) is 16.2. The van der Waals surface area contributed by atoms with Crippen LogP contribution in [0.3, 0.4) is 0 Å². The number of nitrogens with zero attached hydrogens (tertiary/aromatic N) is 1. The number of aliphatic imine (C=N–C) groups is 1. The summed E-state index contributed by atoms with van der Waals surface area (Å²) in [5, 5.41) is 0.653. The predicted molar refractivity (Wildman–Crippen MR) is 109 cm³/mol. The molecule has 0 saturated carbocycles. The van der Waals surface area contributed by atoms with Crippen molar-refractivity contribution >= 4 is 34.6 Å². The number of benzene rings is 3. The van der Waals surface area contributed by atoms with Crippen LogP contribution in [0.15, 0.2) is 83.9 Å². The van der Waals surface area contributed by atoms with Gasteiger partial charge in [0, 0.05) is 11.9 Å². The maximum atomic E-state index is 11.8. The van der Waals surface area contributed by atoms with E-state index in [1.165, 1.54) is 6.92 Å². The summed E-state index contributed by atoms with van der Waals surface area (Å²) in [5.74, 6) is 1.38. The highest BCUT2D eigenvalue weighted by atomic mass is 35.5. The number of carbonyl (C=O) groups excluding carboxylic acids is 1. The third kappa shape index (κ3) is 5.59. The molecule has 0 aliphatic carbocycles. The standard InChI is InChI=1S/C21H18ClN3O2/c1-15(26)21(25-24-18-5-3-2-4-6-18)23-17-9-13-20(14-10-17)27-19-11-7-16(22)8-12-19/h2-14,24H,1H3,(H,23,25). The zero-order chi connectivity index (χ0) is 19.1. The molecule has 0 spiro atoms. The van der Waals surface area contributed by atoms with Gasteiger partial charge in [-0.05, 0) is 60.7 Å². The monoisotopic (exact) mass is 379 g/mol. The Balaban J connectivity index is 1.68. The first-order chi connectivity index (χ1) is 13.1. The minimum Gasteiger partial charge on any atom is -0.457 e. The zero-order valence-electron chi connectivity index (χ0n) is 14.6. The van der Waals surface area contributed by atoms with Crippen molar-refractivity contribution in [2.24, 2.45) is 4.99 Å². The fourth-order valence-corrected chi connectivity index (χ4v) is 2.33. The Hall–Kier alpha value is -3.31. The fraction of sp³-hybridized carbons (Fsp3) is 0.0476. The highest BCUT2D eigenvalue weighted by Gasteiger charge is 2.06. The zero-order valence-corrected chi connectivity index (χ0v) is 15.4. The highest BCUT2D eigenvalue weighted by Crippen LogP contribution is 2.25. The molecule has 3 aromatic carbocycles. The summed E-state index contributed by atoms with van der Waals surface area (Å²) in [5.41, 5.74) is 7.27. The molecule has 27 heavy (non-hydrogen) atoms. The van der Waals surface area contributed by atoms with Gasteiger partial charge in [0.25, 0.3) is 0 Å². The van der Waals surface area contributed by atoms with Crippen molar-refractivity contribution in [1.82, 2.24) is 5.43 Å². The van der Waals surface area contributed by atoms with Gasteiger partial charge < -0.3 is 4.74 Å². The molecule has 5 nitrogen and oxygen atoms in total. The molecule has 0 heterocycles. The lowest BCUT2D eigenvalue weighted by Crippen LogP contribution is -2.34. The third-order valence-corrected chi connectivity index (χ3v) is 3.81. The highest BCUT2D eigenvalue weighted by molar-refractivity contribution is 6.38. The van der Waals surface area contributed by atoms with E-state index in [9.17, 15) is 4.79 Å². The van der Waals surface area contributed by atoms with E-state index in [2.05, 4.69) is 15.8 Å². The van der Waals surface area contributed by atoms with Gasteiger partial charge in [0.1, 0.15) is 11.5 Å². The molecule has 2 N–H and O–H groups in total. The molecular weight excluding hydrogens is 362 g/mol. The number of carbonyl (C=O) groups is 1. The minimum atomic E-state index is -0.181. The molecule has 0 aliphatic rings. The molecule has 0 aromatic heterocycles. The van der Waals surface area contributed by atoms with Crippen LogP contribution in [0, 0.1) is 0 Å². The Kier molecular flexibility index (Phi) is 6.07. The van der Waals surface area contributed by atoms with Gasteiger partial charge >= 0.3 is 0 Å². The number of rotatable bonds is 6. The molecule has 0 unspecified atom stereocenters. The van der Waals surface area contributed by atoms with Crippen LogP contribution < -0.4 is 15.6 Å². The van der Waals surface area contributed by atoms with Crippen LogP contribution in [0.2, 0.25) is 5.02 Å². The Bertz CT molecular complexity index is 924. The first-order valence-corrected chi connectivity index (χ1v) is 8.68. The Morgan fingerprint density at radius 1 is 0.889 bits per heavy atom. The van der Waals surface area contributed by atoms with Gasteiger partial charge in [-0.25, -0.2) is 4.99 Å². The SMILES string of the molecule is CC(=O)C(=Nc1ccc(Oc2ccc(Cl)cc2)cc1)NNc1ccccc1. The summed E-state index contributed by atoms with van der Waals surface area (Å²) < 4.78 is 5.74. The smallest absolute Gasteiger partial charge is 0.196 e. The lowest BCUT2D eigenvalue weighted by molar-refractivity contribution is -0.111. The van der Waals surface area contributed by atoms with Crippen molar-refractivity contribution in [2.75, 3.05) is 5.43 Å². The first kappa shape index (κ1) is 18.5. The number of hydrogen-bond acceptors (Lipinski definition) is 4. The van der Waals surface area contributed by atoms with E-state index in [4.69, 9.17) is 16.3 Å². The minimum absolute atomic E-state index is 0.181. The topological polar surface area (TPSA) is 62.7 Å². The number of nitrogens with one attached hydrogen (secondary N) is 2. The molecule has 0 atom stereocenters. The van der Waals surface area contributed by atoms with Crippen LogP contribution in [-0.4, -0.2) is 11.6 Å². The number of amidine groups is 1. The molecular formula is C21H18ClN3O2. The summed E-state index contributed by atoms with van der Waals surface area (Å²) >= 11 is 5.87. The van der Waals surface area contributed by atoms with E-state index < -0.39 is 0 Å². The Morgan fingerprint density at radius 3 is 2.07 bits per heavy atom. The normalized spacial score (nSPS) is 11.0. The van der Waals surface area contributed by atoms with Gasteiger partial charge in [0.05, 0.1) is 11.4 Å². The number of halogens is 1. The molecule has 136 valence electrons. The molecule has 0 aliphatic heterocycles. The number of hydrogen-bond donors (Lipinski definition) is 2. The largest absolute Gasteiger partial charge is 0.457 e. The second kappa shape index (κ2) is 8.87. The van der Waals surface area contributed by atoms with Crippen molar-refractivity contribution in [3.8, 4) is 11.5 Å².